The lowest BCUT2D eigenvalue weighted by Crippen LogP contribution is -2.50. The van der Waals surface area contributed by atoms with Crippen molar-refractivity contribution in [3.05, 3.63) is 34.9 Å². The van der Waals surface area contributed by atoms with Crippen LogP contribution in [0.5, 0.6) is 0 Å². The van der Waals surface area contributed by atoms with E-state index in [0.29, 0.717) is 34.7 Å². The second-order valence-corrected chi connectivity index (χ2v) is 7.48. The molecule has 1 aliphatic carbocycles. The smallest absolute Gasteiger partial charge is 0.255 e. The molecule has 0 aromatic heterocycles. The first-order valence-corrected chi connectivity index (χ1v) is 9.27. The molecule has 1 heterocycles. The molecule has 1 aromatic rings. The van der Waals surface area contributed by atoms with Crippen molar-refractivity contribution in [2.45, 2.75) is 24.9 Å². The van der Waals surface area contributed by atoms with E-state index in [0.717, 1.165) is 12.8 Å². The van der Waals surface area contributed by atoms with Crippen LogP contribution in [0.25, 0.3) is 0 Å². The van der Waals surface area contributed by atoms with Crippen molar-refractivity contribution >= 4 is 47.6 Å². The Morgan fingerprint density at radius 2 is 2.00 bits per heavy atom. The van der Waals surface area contributed by atoms with E-state index in [-0.39, 0.29) is 30.3 Å². The maximum absolute atomic E-state index is 12.6. The maximum atomic E-state index is 12.6. The third-order valence-corrected chi connectivity index (χ3v) is 5.54. The molecule has 3 N–H and O–H groups in total. The maximum Gasteiger partial charge on any atom is 0.255 e. The van der Waals surface area contributed by atoms with Crippen molar-refractivity contribution < 1.29 is 9.59 Å². The zero-order chi connectivity index (χ0) is 16.4. The Balaban J connectivity index is 0.00000208. The molecule has 2 unspecified atom stereocenters. The molecule has 2 atom stereocenters. The van der Waals surface area contributed by atoms with Crippen LogP contribution in [0.1, 0.15) is 23.2 Å². The van der Waals surface area contributed by atoms with Crippen molar-refractivity contribution in [2.75, 3.05) is 18.2 Å². The molecular weight excluding hydrogens is 369 g/mol. The number of halogens is 2. The summed E-state index contributed by atoms with van der Waals surface area (Å²) in [6.07, 6.45) is 2.30. The van der Waals surface area contributed by atoms with E-state index in [1.807, 2.05) is 0 Å². The van der Waals surface area contributed by atoms with Gasteiger partial charge in [-0.3, -0.25) is 9.59 Å². The number of thioether (sulfide) groups is 1. The van der Waals surface area contributed by atoms with Crippen molar-refractivity contribution in [1.82, 2.24) is 10.2 Å². The minimum Gasteiger partial charge on any atom is -0.353 e. The number of amides is 2. The molecule has 0 spiro atoms. The molecule has 8 heteroatoms. The number of nitrogens with zero attached hydrogens (tertiary/aromatic N) is 1. The molecule has 24 heavy (non-hydrogen) atoms. The predicted molar refractivity (Wildman–Crippen MR) is 99.7 cm³/mol. The molecule has 1 saturated heterocycles. The fourth-order valence-electron chi connectivity index (χ4n) is 2.65. The van der Waals surface area contributed by atoms with Crippen LogP contribution in [0.3, 0.4) is 0 Å². The number of nitrogens with two attached hydrogens (primary N) is 1. The molecule has 0 bridgehead atoms. The van der Waals surface area contributed by atoms with Crippen LogP contribution < -0.4 is 11.1 Å². The Morgan fingerprint density at radius 1 is 1.33 bits per heavy atom. The van der Waals surface area contributed by atoms with Crippen LogP contribution in [-0.2, 0) is 4.79 Å². The summed E-state index contributed by atoms with van der Waals surface area (Å²) in [4.78, 5) is 26.6. The Labute approximate surface area is 157 Å². The summed E-state index contributed by atoms with van der Waals surface area (Å²) in [7, 11) is 0. The van der Waals surface area contributed by atoms with Gasteiger partial charge in [-0.15, -0.1) is 24.2 Å². The number of benzene rings is 1. The lowest BCUT2D eigenvalue weighted by molar-refractivity contribution is -0.124. The number of carbonyl (C=O) groups is 2. The number of carbonyl (C=O) groups excluding carboxylic acids is 2. The van der Waals surface area contributed by atoms with Gasteiger partial charge in [0.25, 0.3) is 5.91 Å². The molecule has 132 valence electrons. The monoisotopic (exact) mass is 389 g/mol. The lowest BCUT2D eigenvalue weighted by atomic mass is 10.1. The Kier molecular flexibility index (Phi) is 6.80. The fourth-order valence-corrected chi connectivity index (χ4v) is 3.93. The van der Waals surface area contributed by atoms with E-state index < -0.39 is 6.04 Å². The Bertz CT molecular complexity index is 595. The molecule has 1 aliphatic heterocycles. The Hall–Kier alpha value is -0.950. The summed E-state index contributed by atoms with van der Waals surface area (Å²) in [5.74, 6) is 1.42. The van der Waals surface area contributed by atoms with Gasteiger partial charge in [0.05, 0.1) is 5.88 Å². The number of hydrogen-bond donors (Lipinski definition) is 2. The van der Waals surface area contributed by atoms with E-state index >= 15 is 0 Å². The summed E-state index contributed by atoms with van der Waals surface area (Å²) in [6.45, 7) is 0.480. The molecule has 2 aliphatic rings. The van der Waals surface area contributed by atoms with Crippen molar-refractivity contribution in [3.8, 4) is 0 Å². The van der Waals surface area contributed by atoms with Gasteiger partial charge in [-0.25, -0.2) is 0 Å². The van der Waals surface area contributed by atoms with Crippen molar-refractivity contribution in [1.29, 1.82) is 0 Å². The number of nitrogens with one attached hydrogen (secondary N) is 1. The average Bonchev–Trinajstić information content (AvgIpc) is 3.29. The van der Waals surface area contributed by atoms with E-state index in [2.05, 4.69) is 5.32 Å². The minimum absolute atomic E-state index is 0. The van der Waals surface area contributed by atoms with Gasteiger partial charge >= 0.3 is 0 Å². The van der Waals surface area contributed by atoms with Crippen LogP contribution in [-0.4, -0.2) is 47.0 Å². The third kappa shape index (κ3) is 4.57. The SMILES string of the molecule is Cl.NC(CNC(=O)C1CSCN1C(=O)c1ccc(Cl)cc1)C1CC1. The molecule has 2 fully saturated rings. The first-order chi connectivity index (χ1) is 11.1. The molecular formula is C16H21Cl2N3O2S. The van der Waals surface area contributed by atoms with Crippen LogP contribution in [0, 0.1) is 5.92 Å². The van der Waals surface area contributed by atoms with Gasteiger partial charge in [0.1, 0.15) is 6.04 Å². The van der Waals surface area contributed by atoms with Gasteiger partial charge in [0.2, 0.25) is 5.91 Å². The minimum atomic E-state index is -0.436. The van der Waals surface area contributed by atoms with Crippen LogP contribution >= 0.6 is 35.8 Å². The first-order valence-electron chi connectivity index (χ1n) is 7.74. The molecule has 1 aromatic carbocycles. The van der Waals surface area contributed by atoms with Crippen LogP contribution in [0.4, 0.5) is 0 Å². The zero-order valence-corrected chi connectivity index (χ0v) is 15.5. The topological polar surface area (TPSA) is 75.4 Å². The second-order valence-electron chi connectivity index (χ2n) is 6.04. The fraction of sp³-hybridized carbons (Fsp3) is 0.500. The zero-order valence-electron chi connectivity index (χ0n) is 13.1. The summed E-state index contributed by atoms with van der Waals surface area (Å²) >= 11 is 7.44. The molecule has 5 nitrogen and oxygen atoms in total. The van der Waals surface area contributed by atoms with Gasteiger partial charge in [-0.1, -0.05) is 11.6 Å². The van der Waals surface area contributed by atoms with Gasteiger partial charge in [-0.2, -0.15) is 0 Å². The van der Waals surface area contributed by atoms with E-state index in [1.165, 1.54) is 0 Å². The number of rotatable bonds is 5. The molecule has 0 radical (unpaired) electrons. The molecule has 2 amide bonds. The summed E-state index contributed by atoms with van der Waals surface area (Å²) in [6, 6.07) is 6.32. The van der Waals surface area contributed by atoms with Crippen molar-refractivity contribution in [3.63, 3.8) is 0 Å². The first kappa shape index (κ1) is 19.4. The summed E-state index contributed by atoms with van der Waals surface area (Å²) in [5, 5.41) is 3.48. The summed E-state index contributed by atoms with van der Waals surface area (Å²) < 4.78 is 0. The Morgan fingerprint density at radius 3 is 2.62 bits per heavy atom. The quantitative estimate of drug-likeness (QED) is 0.808. The van der Waals surface area contributed by atoms with Crippen molar-refractivity contribution in [2.24, 2.45) is 11.7 Å². The van der Waals surface area contributed by atoms with Gasteiger partial charge in [0.15, 0.2) is 0 Å². The predicted octanol–water partition coefficient (Wildman–Crippen LogP) is 2.13. The van der Waals surface area contributed by atoms with Gasteiger partial charge in [0, 0.05) is 28.9 Å². The standard InChI is InChI=1S/C16H20ClN3O2S.ClH/c17-12-5-3-11(4-6-12)16(22)20-9-23-8-14(20)15(21)19-7-13(18)10-1-2-10;/h3-6,10,13-14H,1-2,7-9,18H2,(H,19,21);1H. The highest BCUT2D eigenvalue weighted by Gasteiger charge is 2.36. The number of hydrogen-bond acceptors (Lipinski definition) is 4. The highest BCUT2D eigenvalue weighted by atomic mass is 35.5. The van der Waals surface area contributed by atoms with E-state index in [9.17, 15) is 9.59 Å². The highest BCUT2D eigenvalue weighted by molar-refractivity contribution is 7.99. The normalized spacial score (nSPS) is 21.1. The highest BCUT2D eigenvalue weighted by Crippen LogP contribution is 2.31. The lowest BCUT2D eigenvalue weighted by Gasteiger charge is -2.24. The molecule has 3 rings (SSSR count). The van der Waals surface area contributed by atoms with E-state index in [1.54, 1.807) is 40.9 Å². The van der Waals surface area contributed by atoms with Gasteiger partial charge < -0.3 is 16.0 Å². The largest absolute Gasteiger partial charge is 0.353 e. The van der Waals surface area contributed by atoms with Crippen LogP contribution in [0.15, 0.2) is 24.3 Å². The summed E-state index contributed by atoms with van der Waals surface area (Å²) in [5.41, 5.74) is 6.56. The third-order valence-electron chi connectivity index (χ3n) is 4.28. The average molecular weight is 390 g/mol. The van der Waals surface area contributed by atoms with Crippen LogP contribution in [0.2, 0.25) is 5.02 Å². The van der Waals surface area contributed by atoms with Gasteiger partial charge in [-0.05, 0) is 43.0 Å². The second kappa shape index (κ2) is 8.43. The molecule has 1 saturated carbocycles. The van der Waals surface area contributed by atoms with E-state index in [4.69, 9.17) is 17.3 Å².